The minimum atomic E-state index is 0.0692. The molecule has 2 heterocycles. The Hall–Kier alpha value is -3.02. The number of aromatic nitrogens is 2. The van der Waals surface area contributed by atoms with Crippen LogP contribution in [0.3, 0.4) is 0 Å². The smallest absolute Gasteiger partial charge is 0.220 e. The second-order valence-electron chi connectivity index (χ2n) is 7.69. The number of methoxy groups -OCH3 is 1. The molecule has 0 aliphatic carbocycles. The van der Waals surface area contributed by atoms with Gasteiger partial charge in [0, 0.05) is 20.0 Å². The number of amides is 1. The number of likely N-dealkylation sites (tertiary alicyclic amines) is 1. The summed E-state index contributed by atoms with van der Waals surface area (Å²) >= 11 is 0. The Morgan fingerprint density at radius 3 is 2.67 bits per heavy atom. The Morgan fingerprint density at radius 1 is 1.10 bits per heavy atom. The van der Waals surface area contributed by atoms with Crippen LogP contribution in [-0.4, -0.2) is 40.6 Å². The number of hydrogen-bond donors (Lipinski definition) is 0. The fourth-order valence-corrected chi connectivity index (χ4v) is 4.29. The highest BCUT2D eigenvalue weighted by atomic mass is 16.5. The molecule has 1 atom stereocenters. The third kappa shape index (κ3) is 4.13. The van der Waals surface area contributed by atoms with Gasteiger partial charge in [-0.25, -0.2) is 4.98 Å². The first kappa shape index (κ1) is 20.3. The van der Waals surface area contributed by atoms with E-state index >= 15 is 0 Å². The summed E-state index contributed by atoms with van der Waals surface area (Å²) < 4.78 is 13.5. The predicted molar refractivity (Wildman–Crippen MR) is 117 cm³/mol. The Balaban J connectivity index is 1.45. The summed E-state index contributed by atoms with van der Waals surface area (Å²) in [7, 11) is 1.65. The molecule has 0 bridgehead atoms. The van der Waals surface area contributed by atoms with Gasteiger partial charge in [0.1, 0.15) is 5.82 Å². The molecular formula is C24H29N3O3. The van der Waals surface area contributed by atoms with Gasteiger partial charge in [0.25, 0.3) is 0 Å². The number of rotatable bonds is 8. The van der Waals surface area contributed by atoms with Crippen LogP contribution in [0.4, 0.5) is 0 Å². The maximum absolute atomic E-state index is 12.1. The van der Waals surface area contributed by atoms with Crippen molar-refractivity contribution in [3.63, 3.8) is 0 Å². The third-order valence-electron chi connectivity index (χ3n) is 5.74. The van der Waals surface area contributed by atoms with Gasteiger partial charge in [0.05, 0.1) is 30.8 Å². The summed E-state index contributed by atoms with van der Waals surface area (Å²) in [5, 5.41) is 0. The molecule has 1 aromatic heterocycles. The Kier molecular flexibility index (Phi) is 6.21. The number of carbonyl (C=O) groups excluding carboxylic acids is 1. The van der Waals surface area contributed by atoms with Crippen molar-refractivity contribution in [1.29, 1.82) is 0 Å². The van der Waals surface area contributed by atoms with Crippen molar-refractivity contribution in [2.24, 2.45) is 0 Å². The van der Waals surface area contributed by atoms with Crippen LogP contribution in [0.5, 0.6) is 11.5 Å². The minimum Gasteiger partial charge on any atom is -0.493 e. The van der Waals surface area contributed by atoms with E-state index in [9.17, 15) is 4.79 Å². The van der Waals surface area contributed by atoms with Crippen LogP contribution >= 0.6 is 0 Å². The second kappa shape index (κ2) is 9.20. The van der Waals surface area contributed by atoms with E-state index in [0.717, 1.165) is 67.1 Å². The van der Waals surface area contributed by atoms with E-state index in [-0.39, 0.29) is 11.9 Å². The van der Waals surface area contributed by atoms with E-state index in [1.54, 1.807) is 14.0 Å². The quantitative estimate of drug-likeness (QED) is 0.513. The number of benzene rings is 2. The lowest BCUT2D eigenvalue weighted by Gasteiger charge is -2.24. The summed E-state index contributed by atoms with van der Waals surface area (Å²) in [4.78, 5) is 19.0. The van der Waals surface area contributed by atoms with Crippen molar-refractivity contribution in [2.75, 3.05) is 20.3 Å². The Morgan fingerprint density at radius 2 is 1.87 bits per heavy atom. The van der Waals surface area contributed by atoms with E-state index in [1.165, 1.54) is 0 Å². The van der Waals surface area contributed by atoms with Crippen molar-refractivity contribution < 1.29 is 14.3 Å². The fraction of sp³-hybridized carbons (Fsp3) is 0.417. The van der Waals surface area contributed by atoms with Gasteiger partial charge in [-0.3, -0.25) is 4.79 Å². The van der Waals surface area contributed by atoms with Gasteiger partial charge in [-0.15, -0.1) is 0 Å². The highest BCUT2D eigenvalue weighted by Gasteiger charge is 2.31. The van der Waals surface area contributed by atoms with Gasteiger partial charge >= 0.3 is 0 Å². The SMILES string of the molecule is COc1ccccc1OCCCCn1c([C@@H]2CCCN2C(C)=O)nc2ccccc21. The zero-order valence-corrected chi connectivity index (χ0v) is 17.7. The van der Waals surface area contributed by atoms with Crippen LogP contribution in [0.25, 0.3) is 11.0 Å². The largest absolute Gasteiger partial charge is 0.493 e. The number of hydrogen-bond acceptors (Lipinski definition) is 4. The lowest BCUT2D eigenvalue weighted by Crippen LogP contribution is -2.30. The molecule has 6 heteroatoms. The number of aryl methyl sites for hydroxylation is 1. The van der Waals surface area contributed by atoms with Gasteiger partial charge < -0.3 is 18.9 Å². The average molecular weight is 408 g/mol. The molecule has 0 saturated carbocycles. The number of imidazole rings is 1. The van der Waals surface area contributed by atoms with Crippen LogP contribution in [0, 0.1) is 0 Å². The number of para-hydroxylation sites is 4. The van der Waals surface area contributed by atoms with E-state index < -0.39 is 0 Å². The third-order valence-corrected chi connectivity index (χ3v) is 5.74. The standard InChI is InChI=1S/C24H29N3O3/c1-18(28)26-16-9-12-21(26)24-25-19-10-3-4-11-20(19)27(24)15-7-8-17-30-23-14-6-5-13-22(23)29-2/h3-6,10-11,13-14,21H,7-9,12,15-17H2,1-2H3/t21-/m0/s1. The molecule has 158 valence electrons. The summed E-state index contributed by atoms with van der Waals surface area (Å²) in [5.74, 6) is 2.67. The molecule has 1 fully saturated rings. The van der Waals surface area contributed by atoms with Gasteiger partial charge in [-0.1, -0.05) is 24.3 Å². The number of carbonyl (C=O) groups is 1. The molecule has 30 heavy (non-hydrogen) atoms. The predicted octanol–water partition coefficient (Wildman–Crippen LogP) is 4.59. The van der Waals surface area contributed by atoms with E-state index in [1.807, 2.05) is 47.4 Å². The number of nitrogens with zero attached hydrogens (tertiary/aromatic N) is 3. The molecule has 0 N–H and O–H groups in total. The molecule has 0 unspecified atom stereocenters. The maximum atomic E-state index is 12.1. The van der Waals surface area contributed by atoms with Crippen LogP contribution in [-0.2, 0) is 11.3 Å². The molecule has 1 aliphatic heterocycles. The van der Waals surface area contributed by atoms with Gasteiger partial charge in [-0.05, 0) is 49.9 Å². The van der Waals surface area contributed by atoms with E-state index in [0.29, 0.717) is 6.61 Å². The normalized spacial score (nSPS) is 16.2. The van der Waals surface area contributed by atoms with Crippen LogP contribution in [0.15, 0.2) is 48.5 Å². The monoisotopic (exact) mass is 407 g/mol. The highest BCUT2D eigenvalue weighted by molar-refractivity contribution is 5.77. The van der Waals surface area contributed by atoms with Crippen molar-refractivity contribution >= 4 is 16.9 Å². The topological polar surface area (TPSA) is 56.6 Å². The molecule has 6 nitrogen and oxygen atoms in total. The van der Waals surface area contributed by atoms with Crippen molar-refractivity contribution in [1.82, 2.24) is 14.5 Å². The zero-order valence-electron chi connectivity index (χ0n) is 17.7. The Bertz CT molecular complexity index is 1010. The van der Waals surface area contributed by atoms with E-state index in [2.05, 4.69) is 10.6 Å². The maximum Gasteiger partial charge on any atom is 0.220 e. The fourth-order valence-electron chi connectivity index (χ4n) is 4.29. The lowest BCUT2D eigenvalue weighted by molar-refractivity contribution is -0.129. The van der Waals surface area contributed by atoms with Gasteiger partial charge in [0.2, 0.25) is 5.91 Å². The van der Waals surface area contributed by atoms with Gasteiger partial charge in [0.15, 0.2) is 11.5 Å². The molecule has 3 aromatic rings. The van der Waals surface area contributed by atoms with Crippen LogP contribution in [0.1, 0.15) is 44.5 Å². The molecule has 0 spiro atoms. The highest BCUT2D eigenvalue weighted by Crippen LogP contribution is 2.33. The molecule has 1 saturated heterocycles. The Labute approximate surface area is 177 Å². The summed E-state index contributed by atoms with van der Waals surface area (Å²) in [5.41, 5.74) is 2.13. The van der Waals surface area contributed by atoms with Crippen LogP contribution < -0.4 is 9.47 Å². The molecule has 1 aliphatic rings. The summed E-state index contributed by atoms with van der Waals surface area (Å²) in [6.07, 6.45) is 3.89. The number of ether oxygens (including phenoxy) is 2. The summed E-state index contributed by atoms with van der Waals surface area (Å²) in [6, 6.07) is 16.0. The first-order chi connectivity index (χ1) is 14.7. The van der Waals surface area contributed by atoms with E-state index in [4.69, 9.17) is 14.5 Å². The van der Waals surface area contributed by atoms with Crippen LogP contribution in [0.2, 0.25) is 0 Å². The second-order valence-corrected chi connectivity index (χ2v) is 7.69. The molecule has 2 aromatic carbocycles. The first-order valence-electron chi connectivity index (χ1n) is 10.7. The van der Waals surface area contributed by atoms with Crippen molar-refractivity contribution in [2.45, 2.75) is 45.2 Å². The number of unbranched alkanes of at least 4 members (excludes halogenated alkanes) is 1. The van der Waals surface area contributed by atoms with Gasteiger partial charge in [-0.2, -0.15) is 0 Å². The molecule has 0 radical (unpaired) electrons. The number of fused-ring (bicyclic) bond motifs is 1. The lowest BCUT2D eigenvalue weighted by atomic mass is 10.2. The zero-order chi connectivity index (χ0) is 20.9. The molecule has 1 amide bonds. The summed E-state index contributed by atoms with van der Waals surface area (Å²) in [6.45, 7) is 3.95. The molecule has 4 rings (SSSR count). The van der Waals surface area contributed by atoms with Crippen molar-refractivity contribution in [3.05, 3.63) is 54.4 Å². The average Bonchev–Trinajstić information content (AvgIpc) is 3.38. The van der Waals surface area contributed by atoms with Crippen molar-refractivity contribution in [3.8, 4) is 11.5 Å². The molecular weight excluding hydrogens is 378 g/mol. The minimum absolute atomic E-state index is 0.0692. The first-order valence-corrected chi connectivity index (χ1v) is 10.7.